The van der Waals surface area contributed by atoms with Gasteiger partial charge in [0.2, 0.25) is 0 Å². The summed E-state index contributed by atoms with van der Waals surface area (Å²) in [4.78, 5) is 13.2. The Morgan fingerprint density at radius 3 is 2.73 bits per heavy atom. The largest absolute Gasteiger partial charge is 0.449 e. The van der Waals surface area contributed by atoms with Crippen molar-refractivity contribution in [2.75, 3.05) is 0 Å². The molecule has 1 aliphatic heterocycles. The molecule has 0 unspecified atom stereocenters. The van der Waals surface area contributed by atoms with E-state index in [2.05, 4.69) is 21.2 Å². The van der Waals surface area contributed by atoms with E-state index in [4.69, 9.17) is 28.2 Å². The molecule has 3 rings (SSSR count). The molecule has 0 aliphatic carbocycles. The van der Waals surface area contributed by atoms with Crippen LogP contribution >= 0.6 is 63.3 Å². The molecule has 0 saturated carbocycles. The van der Waals surface area contributed by atoms with Gasteiger partial charge >= 0.3 is 0 Å². The Hall–Kier alpha value is -0.730. The molecule has 22 heavy (non-hydrogen) atoms. The number of benzene rings is 1. The second-order valence-electron chi connectivity index (χ2n) is 4.19. The quantitative estimate of drug-likeness (QED) is 0.524. The highest BCUT2D eigenvalue weighted by Crippen LogP contribution is 2.37. The molecular weight excluding hydrogens is 426 g/mol. The molecule has 1 saturated heterocycles. The van der Waals surface area contributed by atoms with Crippen molar-refractivity contribution in [1.29, 1.82) is 0 Å². The molecule has 1 aromatic heterocycles. The molecule has 0 atom stereocenters. The second-order valence-corrected chi connectivity index (χ2v) is 8.25. The van der Waals surface area contributed by atoms with Gasteiger partial charge in [-0.2, -0.15) is 0 Å². The van der Waals surface area contributed by atoms with Crippen molar-refractivity contribution in [3.05, 3.63) is 50.5 Å². The van der Waals surface area contributed by atoms with Gasteiger partial charge in [-0.1, -0.05) is 47.3 Å². The first-order chi connectivity index (χ1) is 10.5. The highest BCUT2D eigenvalue weighted by atomic mass is 79.9. The normalized spacial score (nSPS) is 16.4. The number of nitrogens with one attached hydrogen (secondary N) is 1. The first-order valence-corrected chi connectivity index (χ1v) is 9.20. The molecule has 1 N–H and O–H groups in total. The summed E-state index contributed by atoms with van der Waals surface area (Å²) < 4.78 is 7.04. The number of carbonyl (C=O) groups excluding carboxylic acids is 1. The molecule has 3 nitrogen and oxygen atoms in total. The molecule has 1 aliphatic rings. The standard InChI is InChI=1S/C14H7BrClNO2S3/c15-10-5-8(6-11-12(18)17-14(20)22-11)19-13(10)21-9-3-1-7(16)2-4-9/h1-6H,(H,17,18,20)/b11-6+. The lowest BCUT2D eigenvalue weighted by atomic mass is 10.4. The van der Waals surface area contributed by atoms with Crippen LogP contribution in [-0.4, -0.2) is 10.2 Å². The van der Waals surface area contributed by atoms with Gasteiger partial charge in [-0.15, -0.1) is 0 Å². The predicted molar refractivity (Wildman–Crippen MR) is 98.3 cm³/mol. The van der Waals surface area contributed by atoms with E-state index in [9.17, 15) is 4.79 Å². The number of thiocarbonyl (C=S) groups is 1. The lowest BCUT2D eigenvalue weighted by molar-refractivity contribution is -0.115. The van der Waals surface area contributed by atoms with Gasteiger partial charge in [0.25, 0.3) is 5.91 Å². The predicted octanol–water partition coefficient (Wildman–Crippen LogP) is 5.34. The Labute approximate surface area is 154 Å². The molecule has 2 heterocycles. The Bertz CT molecular complexity index is 786. The highest BCUT2D eigenvalue weighted by Gasteiger charge is 2.23. The van der Waals surface area contributed by atoms with Crippen LogP contribution in [0.15, 0.2) is 54.1 Å². The molecule has 8 heteroatoms. The van der Waals surface area contributed by atoms with Crippen LogP contribution in [0.5, 0.6) is 0 Å². The van der Waals surface area contributed by atoms with Crippen molar-refractivity contribution in [2.45, 2.75) is 9.99 Å². The zero-order valence-corrected chi connectivity index (χ0v) is 15.6. The number of rotatable bonds is 3. The summed E-state index contributed by atoms with van der Waals surface area (Å²) in [7, 11) is 0. The third-order valence-corrected chi connectivity index (χ3v) is 5.88. The van der Waals surface area contributed by atoms with Gasteiger partial charge in [0.15, 0.2) is 5.09 Å². The number of halogens is 2. The smallest absolute Gasteiger partial charge is 0.263 e. The number of furan rings is 1. The van der Waals surface area contributed by atoms with Gasteiger partial charge in [-0.05, 0) is 46.3 Å². The SMILES string of the molecule is O=C1NC(=S)S/C1=C/c1cc(Br)c(Sc2ccc(Cl)cc2)o1. The fraction of sp³-hybridized carbons (Fsp3) is 0. The summed E-state index contributed by atoms with van der Waals surface area (Å²) >= 11 is 17.0. The number of amides is 1. The minimum absolute atomic E-state index is 0.200. The van der Waals surface area contributed by atoms with Crippen LogP contribution in [0.1, 0.15) is 5.76 Å². The van der Waals surface area contributed by atoms with Crippen LogP contribution in [0.2, 0.25) is 5.02 Å². The molecule has 0 radical (unpaired) electrons. The third-order valence-electron chi connectivity index (χ3n) is 2.61. The average Bonchev–Trinajstić information content (AvgIpc) is 2.96. The number of thioether (sulfide) groups is 1. The van der Waals surface area contributed by atoms with Crippen LogP contribution in [0, 0.1) is 0 Å². The Morgan fingerprint density at radius 1 is 1.36 bits per heavy atom. The lowest BCUT2D eigenvalue weighted by Crippen LogP contribution is -2.17. The zero-order chi connectivity index (χ0) is 15.7. The van der Waals surface area contributed by atoms with Gasteiger partial charge in [0.1, 0.15) is 10.1 Å². The fourth-order valence-electron chi connectivity index (χ4n) is 1.67. The van der Waals surface area contributed by atoms with Crippen LogP contribution < -0.4 is 5.32 Å². The molecule has 1 aromatic carbocycles. The van der Waals surface area contributed by atoms with Gasteiger partial charge in [-0.3, -0.25) is 4.79 Å². The first-order valence-electron chi connectivity index (χ1n) is 5.99. The van der Waals surface area contributed by atoms with E-state index in [0.29, 0.717) is 25.1 Å². The van der Waals surface area contributed by atoms with Crippen molar-refractivity contribution in [3.63, 3.8) is 0 Å². The summed E-state index contributed by atoms with van der Waals surface area (Å²) in [6, 6.07) is 9.30. The second kappa shape index (κ2) is 6.80. The Balaban J connectivity index is 1.82. The van der Waals surface area contributed by atoms with E-state index < -0.39 is 0 Å². The van der Waals surface area contributed by atoms with E-state index in [0.717, 1.165) is 9.37 Å². The van der Waals surface area contributed by atoms with Crippen molar-refractivity contribution in [2.24, 2.45) is 0 Å². The molecule has 1 fully saturated rings. The summed E-state index contributed by atoms with van der Waals surface area (Å²) in [5.41, 5.74) is 0. The van der Waals surface area contributed by atoms with Gasteiger partial charge in [0.05, 0.1) is 9.38 Å². The molecule has 1 amide bonds. The minimum atomic E-state index is -0.200. The van der Waals surface area contributed by atoms with Gasteiger partial charge in [0, 0.05) is 16.0 Å². The molecular formula is C14H7BrClNO2S3. The van der Waals surface area contributed by atoms with Gasteiger partial charge in [-0.25, -0.2) is 0 Å². The number of hydrogen-bond donors (Lipinski definition) is 1. The van der Waals surface area contributed by atoms with Crippen molar-refractivity contribution in [3.8, 4) is 0 Å². The van der Waals surface area contributed by atoms with Crippen molar-refractivity contribution < 1.29 is 9.21 Å². The van der Waals surface area contributed by atoms with E-state index in [-0.39, 0.29) is 5.91 Å². The molecule has 0 bridgehead atoms. The maximum atomic E-state index is 11.6. The monoisotopic (exact) mass is 431 g/mol. The van der Waals surface area contributed by atoms with Crippen LogP contribution in [0.25, 0.3) is 6.08 Å². The van der Waals surface area contributed by atoms with E-state index in [1.807, 2.05) is 30.3 Å². The summed E-state index contributed by atoms with van der Waals surface area (Å²) in [6.07, 6.45) is 1.68. The maximum absolute atomic E-state index is 11.6. The summed E-state index contributed by atoms with van der Waals surface area (Å²) in [5.74, 6) is 0.389. The topological polar surface area (TPSA) is 42.2 Å². The van der Waals surface area contributed by atoms with Crippen LogP contribution in [-0.2, 0) is 4.79 Å². The maximum Gasteiger partial charge on any atom is 0.263 e. The fourth-order valence-corrected chi connectivity index (χ4v) is 4.15. The average molecular weight is 433 g/mol. The summed E-state index contributed by atoms with van der Waals surface area (Å²) in [6.45, 7) is 0. The molecule has 0 spiro atoms. The zero-order valence-electron chi connectivity index (χ0n) is 10.8. The highest BCUT2D eigenvalue weighted by molar-refractivity contribution is 9.10. The lowest BCUT2D eigenvalue weighted by Gasteiger charge is -1.98. The Morgan fingerprint density at radius 2 is 2.09 bits per heavy atom. The van der Waals surface area contributed by atoms with Crippen molar-refractivity contribution in [1.82, 2.24) is 5.32 Å². The molecule has 2 aromatic rings. The Kier molecular flexibility index (Phi) is 4.99. The molecule has 112 valence electrons. The van der Waals surface area contributed by atoms with Gasteiger partial charge < -0.3 is 9.73 Å². The van der Waals surface area contributed by atoms with E-state index in [1.165, 1.54) is 23.5 Å². The van der Waals surface area contributed by atoms with Crippen molar-refractivity contribution >= 4 is 79.6 Å². The first kappa shape index (κ1) is 16.1. The van der Waals surface area contributed by atoms with E-state index >= 15 is 0 Å². The number of hydrogen-bond acceptors (Lipinski definition) is 5. The van der Waals surface area contributed by atoms with E-state index in [1.54, 1.807) is 6.08 Å². The van der Waals surface area contributed by atoms with Crippen LogP contribution in [0.3, 0.4) is 0 Å². The van der Waals surface area contributed by atoms with Crippen LogP contribution in [0.4, 0.5) is 0 Å². The number of carbonyl (C=O) groups is 1. The minimum Gasteiger partial charge on any atom is -0.449 e. The summed E-state index contributed by atoms with van der Waals surface area (Å²) in [5, 5.41) is 3.97. The third kappa shape index (κ3) is 3.78.